The van der Waals surface area contributed by atoms with Crippen LogP contribution in [0.3, 0.4) is 0 Å². The lowest BCUT2D eigenvalue weighted by Gasteiger charge is -2.25. The molecule has 1 saturated carbocycles. The van der Waals surface area contributed by atoms with Gasteiger partial charge in [-0.05, 0) is 19.3 Å². The van der Waals surface area contributed by atoms with E-state index in [0.29, 0.717) is 25.1 Å². The van der Waals surface area contributed by atoms with E-state index in [1.807, 2.05) is 11.1 Å². The van der Waals surface area contributed by atoms with Crippen molar-refractivity contribution in [1.82, 2.24) is 14.7 Å². The van der Waals surface area contributed by atoms with Crippen molar-refractivity contribution in [3.63, 3.8) is 0 Å². The Labute approximate surface area is 130 Å². The number of hydrogen-bond acceptors (Lipinski definition) is 4. The molecular formula is C15H24N4O3. The van der Waals surface area contributed by atoms with E-state index in [1.54, 1.807) is 18.0 Å². The summed E-state index contributed by atoms with van der Waals surface area (Å²) in [5, 5.41) is 7.17. The lowest BCUT2D eigenvalue weighted by Crippen LogP contribution is -2.40. The third kappa shape index (κ3) is 3.98. The number of rotatable bonds is 7. The van der Waals surface area contributed by atoms with Crippen LogP contribution in [0, 0.1) is 5.92 Å². The zero-order valence-corrected chi connectivity index (χ0v) is 13.0. The van der Waals surface area contributed by atoms with Crippen LogP contribution < -0.4 is 5.32 Å². The molecule has 2 amide bonds. The lowest BCUT2D eigenvalue weighted by atomic mass is 10.1. The van der Waals surface area contributed by atoms with E-state index in [2.05, 4.69) is 10.4 Å². The Hall–Kier alpha value is -1.60. The molecule has 122 valence electrons. The highest BCUT2D eigenvalue weighted by Crippen LogP contribution is 2.29. The number of ether oxygens (including phenoxy) is 2. The molecule has 1 aliphatic carbocycles. The second-order valence-electron chi connectivity index (χ2n) is 6.03. The van der Waals surface area contributed by atoms with Crippen LogP contribution in [0.15, 0.2) is 12.4 Å². The summed E-state index contributed by atoms with van der Waals surface area (Å²) in [7, 11) is 1.66. The minimum Gasteiger partial charge on any atom is -0.383 e. The highest BCUT2D eigenvalue weighted by Gasteiger charge is 2.34. The highest BCUT2D eigenvalue weighted by atomic mass is 16.5. The van der Waals surface area contributed by atoms with Gasteiger partial charge in [0.15, 0.2) is 0 Å². The number of urea groups is 1. The number of nitrogens with one attached hydrogen (secondary N) is 1. The topological polar surface area (TPSA) is 68.6 Å². The van der Waals surface area contributed by atoms with Crippen LogP contribution in [0.4, 0.5) is 10.5 Å². The number of aromatic nitrogens is 2. The fourth-order valence-electron chi connectivity index (χ4n) is 2.72. The van der Waals surface area contributed by atoms with Crippen molar-refractivity contribution in [2.45, 2.75) is 31.8 Å². The molecule has 0 unspecified atom stereocenters. The van der Waals surface area contributed by atoms with Gasteiger partial charge in [-0.2, -0.15) is 5.10 Å². The Morgan fingerprint density at radius 1 is 1.55 bits per heavy atom. The molecule has 1 atom stereocenters. The molecule has 0 aromatic carbocycles. The van der Waals surface area contributed by atoms with Crippen molar-refractivity contribution < 1.29 is 14.3 Å². The van der Waals surface area contributed by atoms with Gasteiger partial charge in [0.25, 0.3) is 0 Å². The van der Waals surface area contributed by atoms with Crippen molar-refractivity contribution in [3.8, 4) is 0 Å². The summed E-state index contributed by atoms with van der Waals surface area (Å²) < 4.78 is 12.2. The SMILES string of the molecule is COCCn1cc(NC(=O)N(C[C@H]2CCOC2)C2CC2)cn1. The van der Waals surface area contributed by atoms with Crippen molar-refractivity contribution in [2.24, 2.45) is 5.92 Å². The molecule has 2 aliphatic rings. The number of carbonyl (C=O) groups is 1. The first-order valence-electron chi connectivity index (χ1n) is 7.93. The summed E-state index contributed by atoms with van der Waals surface area (Å²) in [4.78, 5) is 14.5. The average Bonchev–Trinajstić information content (AvgIpc) is 3.04. The fraction of sp³-hybridized carbons (Fsp3) is 0.733. The van der Waals surface area contributed by atoms with E-state index in [1.165, 1.54) is 0 Å². The molecule has 0 spiro atoms. The zero-order valence-electron chi connectivity index (χ0n) is 13.0. The van der Waals surface area contributed by atoms with E-state index in [4.69, 9.17) is 9.47 Å². The van der Waals surface area contributed by atoms with Gasteiger partial charge in [-0.1, -0.05) is 0 Å². The van der Waals surface area contributed by atoms with Gasteiger partial charge in [0.2, 0.25) is 0 Å². The second-order valence-corrected chi connectivity index (χ2v) is 6.03. The summed E-state index contributed by atoms with van der Waals surface area (Å²) in [6, 6.07) is 0.366. The van der Waals surface area contributed by atoms with E-state index in [9.17, 15) is 4.79 Å². The Balaban J connectivity index is 1.55. The maximum Gasteiger partial charge on any atom is 0.322 e. The summed E-state index contributed by atoms with van der Waals surface area (Å²) in [6.07, 6.45) is 6.77. The van der Waals surface area contributed by atoms with Crippen LogP contribution in [0.5, 0.6) is 0 Å². The molecule has 3 rings (SSSR count). The molecule has 1 aromatic rings. The predicted octanol–water partition coefficient (Wildman–Crippen LogP) is 1.56. The Kier molecular flexibility index (Phi) is 4.94. The van der Waals surface area contributed by atoms with Crippen LogP contribution in [-0.4, -0.2) is 60.2 Å². The van der Waals surface area contributed by atoms with Crippen LogP contribution in [0.25, 0.3) is 0 Å². The monoisotopic (exact) mass is 308 g/mol. The molecule has 7 nitrogen and oxygen atoms in total. The molecule has 22 heavy (non-hydrogen) atoms. The molecule has 1 aromatic heterocycles. The van der Waals surface area contributed by atoms with Gasteiger partial charge in [-0.25, -0.2) is 4.79 Å². The summed E-state index contributed by atoms with van der Waals surface area (Å²) in [5.74, 6) is 0.468. The van der Waals surface area contributed by atoms with Crippen LogP contribution in [0.1, 0.15) is 19.3 Å². The van der Waals surface area contributed by atoms with Crippen molar-refractivity contribution in [3.05, 3.63) is 12.4 Å². The zero-order chi connectivity index (χ0) is 15.4. The molecule has 1 aliphatic heterocycles. The van der Waals surface area contributed by atoms with Gasteiger partial charge in [-0.15, -0.1) is 0 Å². The third-order valence-electron chi connectivity index (χ3n) is 4.14. The predicted molar refractivity (Wildman–Crippen MR) is 81.8 cm³/mol. The number of carbonyl (C=O) groups excluding carboxylic acids is 1. The van der Waals surface area contributed by atoms with Crippen molar-refractivity contribution in [1.29, 1.82) is 0 Å². The van der Waals surface area contributed by atoms with E-state index >= 15 is 0 Å². The molecule has 2 heterocycles. The summed E-state index contributed by atoms with van der Waals surface area (Å²) in [6.45, 7) is 3.65. The van der Waals surface area contributed by atoms with Gasteiger partial charge >= 0.3 is 6.03 Å². The van der Waals surface area contributed by atoms with Gasteiger partial charge in [-0.3, -0.25) is 4.68 Å². The van der Waals surface area contributed by atoms with Crippen molar-refractivity contribution >= 4 is 11.7 Å². The Morgan fingerprint density at radius 2 is 2.41 bits per heavy atom. The van der Waals surface area contributed by atoms with Gasteiger partial charge in [0, 0.05) is 38.4 Å². The quantitative estimate of drug-likeness (QED) is 0.830. The Bertz CT molecular complexity index is 495. The third-order valence-corrected chi connectivity index (χ3v) is 4.14. The number of methoxy groups -OCH3 is 1. The first kappa shape index (κ1) is 15.3. The van der Waals surface area contributed by atoms with Gasteiger partial charge in [0.05, 0.1) is 31.6 Å². The first-order valence-corrected chi connectivity index (χ1v) is 7.93. The minimum atomic E-state index is -0.0271. The van der Waals surface area contributed by atoms with E-state index < -0.39 is 0 Å². The highest BCUT2D eigenvalue weighted by molar-refractivity contribution is 5.89. The molecule has 0 bridgehead atoms. The van der Waals surface area contributed by atoms with Crippen molar-refractivity contribution in [2.75, 3.05) is 38.8 Å². The summed E-state index contributed by atoms with van der Waals surface area (Å²) >= 11 is 0. The standard InChI is InChI=1S/C15H24N4O3/c1-21-7-5-18-10-13(8-16-18)17-15(20)19(14-2-3-14)9-12-4-6-22-11-12/h8,10,12,14H,2-7,9,11H2,1H3,(H,17,20)/t12-/m1/s1. The maximum absolute atomic E-state index is 12.5. The molecule has 1 saturated heterocycles. The van der Waals surface area contributed by atoms with Crippen LogP contribution in [-0.2, 0) is 16.0 Å². The Morgan fingerprint density at radius 3 is 3.09 bits per heavy atom. The number of amides is 2. The molecular weight excluding hydrogens is 284 g/mol. The molecule has 2 fully saturated rings. The largest absolute Gasteiger partial charge is 0.383 e. The van der Waals surface area contributed by atoms with Gasteiger partial charge in [0.1, 0.15) is 0 Å². The normalized spacial score (nSPS) is 21.0. The number of hydrogen-bond donors (Lipinski definition) is 1. The summed E-state index contributed by atoms with van der Waals surface area (Å²) in [5.41, 5.74) is 0.731. The van der Waals surface area contributed by atoms with E-state index in [0.717, 1.165) is 44.7 Å². The van der Waals surface area contributed by atoms with Gasteiger partial charge < -0.3 is 19.7 Å². The fourth-order valence-corrected chi connectivity index (χ4v) is 2.72. The average molecular weight is 308 g/mol. The number of nitrogens with zero attached hydrogens (tertiary/aromatic N) is 3. The maximum atomic E-state index is 12.5. The van der Waals surface area contributed by atoms with Crippen LogP contribution in [0.2, 0.25) is 0 Å². The lowest BCUT2D eigenvalue weighted by molar-refractivity contribution is 0.167. The van der Waals surface area contributed by atoms with E-state index in [-0.39, 0.29) is 6.03 Å². The second kappa shape index (κ2) is 7.11. The molecule has 0 radical (unpaired) electrons. The first-order chi connectivity index (χ1) is 10.8. The smallest absolute Gasteiger partial charge is 0.322 e. The van der Waals surface area contributed by atoms with Crippen LogP contribution >= 0.6 is 0 Å². The minimum absolute atomic E-state index is 0.0271. The molecule has 1 N–H and O–H groups in total. The number of anilines is 1. The molecule has 7 heteroatoms.